The Morgan fingerprint density at radius 2 is 1.52 bits per heavy atom. The number of hydrogen-bond acceptors (Lipinski definition) is 9. The predicted octanol–water partition coefficient (Wildman–Crippen LogP) is 5.52. The van der Waals surface area contributed by atoms with Crippen molar-refractivity contribution in [2.24, 2.45) is 0 Å². The molecular weight excluding hydrogens is 701 g/mol. The number of benzene rings is 3. The van der Waals surface area contributed by atoms with E-state index in [2.05, 4.69) is 36.2 Å². The number of carbonyl (C=O) groups is 3. The van der Waals surface area contributed by atoms with Crippen LogP contribution in [-0.2, 0) is 28.1 Å². The molecule has 0 spiro atoms. The lowest BCUT2D eigenvalue weighted by Gasteiger charge is -2.28. The van der Waals surface area contributed by atoms with Gasteiger partial charge in [-0.3, -0.25) is 14.4 Å². The fourth-order valence-electron chi connectivity index (χ4n) is 5.75. The molecule has 1 aliphatic heterocycles. The van der Waals surface area contributed by atoms with Crippen molar-refractivity contribution in [2.45, 2.75) is 50.4 Å². The van der Waals surface area contributed by atoms with E-state index in [1.54, 1.807) is 41.3 Å². The number of halogens is 4. The van der Waals surface area contributed by atoms with Crippen LogP contribution in [0.25, 0.3) is 0 Å². The second-order valence-electron chi connectivity index (χ2n) is 12.5. The van der Waals surface area contributed by atoms with Crippen LogP contribution < -0.4 is 26.0 Å². The highest BCUT2D eigenvalue weighted by molar-refractivity contribution is 6.35. The Balaban J connectivity index is 0.971. The van der Waals surface area contributed by atoms with Gasteiger partial charge in [-0.2, -0.15) is 28.1 Å². The van der Waals surface area contributed by atoms with E-state index in [1.807, 2.05) is 36.4 Å². The van der Waals surface area contributed by atoms with E-state index in [0.717, 1.165) is 24.0 Å². The molecule has 12 nitrogen and oxygen atoms in total. The highest BCUT2D eigenvalue weighted by atomic mass is 35.5. The molecule has 3 aromatic carbocycles. The molecular formula is C36H36ClF3N8O4. The van der Waals surface area contributed by atoms with Crippen molar-refractivity contribution in [1.82, 2.24) is 30.5 Å². The lowest BCUT2D eigenvalue weighted by atomic mass is 10.00. The van der Waals surface area contributed by atoms with Crippen LogP contribution in [0.15, 0.2) is 72.8 Å². The minimum atomic E-state index is -4.59. The van der Waals surface area contributed by atoms with Crippen LogP contribution in [0.1, 0.15) is 52.7 Å². The van der Waals surface area contributed by atoms with Crippen LogP contribution in [0.3, 0.4) is 0 Å². The van der Waals surface area contributed by atoms with Gasteiger partial charge in [-0.25, -0.2) is 0 Å². The van der Waals surface area contributed by atoms with E-state index >= 15 is 0 Å². The van der Waals surface area contributed by atoms with Gasteiger partial charge in [-0.05, 0) is 85.2 Å². The molecule has 0 saturated heterocycles. The van der Waals surface area contributed by atoms with E-state index in [9.17, 15) is 27.6 Å². The van der Waals surface area contributed by atoms with Crippen molar-refractivity contribution in [2.75, 3.05) is 36.9 Å². The summed E-state index contributed by atoms with van der Waals surface area (Å²) in [5, 5.41) is 12.2. The fraction of sp³-hybridized carbons (Fsp3) is 0.333. The largest absolute Gasteiger partial charge is 0.454 e. The molecule has 4 aromatic rings. The number of unbranched alkanes of at least 4 members (excludes halogenated alkanes) is 1. The van der Waals surface area contributed by atoms with Crippen molar-refractivity contribution >= 4 is 46.9 Å². The molecule has 52 heavy (non-hydrogen) atoms. The summed E-state index contributed by atoms with van der Waals surface area (Å²) in [6, 6.07) is 20.9. The first-order chi connectivity index (χ1) is 25.0. The van der Waals surface area contributed by atoms with Crippen LogP contribution >= 0.6 is 11.6 Å². The van der Waals surface area contributed by atoms with Crippen LogP contribution in [0, 0.1) is 0 Å². The summed E-state index contributed by atoms with van der Waals surface area (Å²) in [6.45, 7) is -0.0229. The topological polar surface area (TPSA) is 150 Å². The number of carbonyl (C=O) groups excluding carboxylic acids is 3. The van der Waals surface area contributed by atoms with Gasteiger partial charge in [0.25, 0.3) is 5.91 Å². The van der Waals surface area contributed by atoms with Gasteiger partial charge >= 0.3 is 24.0 Å². The van der Waals surface area contributed by atoms with Gasteiger partial charge in [0.15, 0.2) is 6.61 Å². The maximum Gasteiger partial charge on any atom is 0.422 e. The van der Waals surface area contributed by atoms with Crippen LogP contribution in [0.5, 0.6) is 6.01 Å². The summed E-state index contributed by atoms with van der Waals surface area (Å²) < 4.78 is 43.6. The minimum absolute atomic E-state index is 0.0254. The number of nitrogens with one attached hydrogen (secondary N) is 4. The Hall–Kier alpha value is -5.44. The smallest absolute Gasteiger partial charge is 0.422 e. The summed E-state index contributed by atoms with van der Waals surface area (Å²) in [7, 11) is 0. The molecule has 1 aliphatic carbocycles. The van der Waals surface area contributed by atoms with Gasteiger partial charge < -0.3 is 30.9 Å². The Morgan fingerprint density at radius 3 is 2.21 bits per heavy atom. The van der Waals surface area contributed by atoms with E-state index in [4.69, 9.17) is 16.3 Å². The van der Waals surface area contributed by atoms with Crippen LogP contribution in [0.2, 0.25) is 5.02 Å². The zero-order valence-corrected chi connectivity index (χ0v) is 28.7. The molecule has 1 fully saturated rings. The number of rotatable bonds is 13. The van der Waals surface area contributed by atoms with Crippen molar-refractivity contribution in [3.8, 4) is 6.01 Å². The van der Waals surface area contributed by atoms with Crippen LogP contribution in [-0.4, -0.2) is 70.0 Å². The maximum absolute atomic E-state index is 12.9. The standard InChI is InChI=1S/C36H36ClF3N8O4/c37-27-11-9-26(10-12-27)35(16-17-35)47-33-44-32(45-34(46-33)52-22-36(38,39)40)43-28-13-7-24(8-14-28)29(49)41-18-3-4-19-42-30(50)31(51)48-20-15-23-5-1-2-6-25(23)21-48/h1-2,5-14H,3-4,15-22H2,(H,41,49)(H,42,50)(H2,43,44,45,46,47). The first-order valence-corrected chi connectivity index (χ1v) is 17.1. The van der Waals surface area contributed by atoms with E-state index in [-0.39, 0.29) is 17.8 Å². The lowest BCUT2D eigenvalue weighted by Crippen LogP contribution is -2.45. The van der Waals surface area contributed by atoms with E-state index < -0.39 is 36.1 Å². The first-order valence-electron chi connectivity index (χ1n) is 16.8. The van der Waals surface area contributed by atoms with Gasteiger partial charge in [0.1, 0.15) is 0 Å². The summed E-state index contributed by atoms with van der Waals surface area (Å²) >= 11 is 6.03. The zero-order valence-electron chi connectivity index (χ0n) is 27.9. The Morgan fingerprint density at radius 1 is 0.846 bits per heavy atom. The maximum atomic E-state index is 12.9. The highest BCUT2D eigenvalue weighted by Crippen LogP contribution is 2.48. The lowest BCUT2D eigenvalue weighted by molar-refractivity contribution is -0.154. The molecule has 0 radical (unpaired) electrons. The molecule has 6 rings (SSSR count). The van der Waals surface area contributed by atoms with Crippen molar-refractivity contribution in [1.29, 1.82) is 0 Å². The zero-order chi connectivity index (χ0) is 36.7. The number of fused-ring (bicyclic) bond motifs is 1. The number of ether oxygens (including phenoxy) is 1. The van der Waals surface area contributed by atoms with Gasteiger partial charge in [-0.1, -0.05) is 48.0 Å². The molecule has 0 bridgehead atoms. The first kappa shape index (κ1) is 36.4. The Kier molecular flexibility index (Phi) is 11.1. The van der Waals surface area contributed by atoms with Crippen molar-refractivity contribution in [3.05, 3.63) is 100 Å². The molecule has 1 saturated carbocycles. The number of alkyl halides is 3. The van der Waals surface area contributed by atoms with Crippen LogP contribution in [0.4, 0.5) is 30.8 Å². The molecule has 2 heterocycles. The molecule has 0 atom stereocenters. The monoisotopic (exact) mass is 736 g/mol. The average molecular weight is 737 g/mol. The number of aromatic nitrogens is 3. The van der Waals surface area contributed by atoms with Gasteiger partial charge in [0.2, 0.25) is 11.9 Å². The summed E-state index contributed by atoms with van der Waals surface area (Å²) in [4.78, 5) is 51.7. The molecule has 1 aromatic heterocycles. The molecule has 16 heteroatoms. The third kappa shape index (κ3) is 9.66. The average Bonchev–Trinajstić information content (AvgIpc) is 3.91. The number of nitrogens with zero attached hydrogens (tertiary/aromatic N) is 4. The molecule has 2 aliphatic rings. The summed E-state index contributed by atoms with van der Waals surface area (Å²) in [5.74, 6) is -1.55. The minimum Gasteiger partial charge on any atom is -0.454 e. The quantitative estimate of drug-likeness (QED) is 0.103. The normalized spacial score (nSPS) is 14.5. The highest BCUT2D eigenvalue weighted by Gasteiger charge is 2.45. The summed E-state index contributed by atoms with van der Waals surface area (Å²) in [5.41, 5.74) is 3.50. The number of amides is 3. The summed E-state index contributed by atoms with van der Waals surface area (Å²) in [6.07, 6.45) is -1.25. The Labute approximate surface area is 302 Å². The van der Waals surface area contributed by atoms with Crippen molar-refractivity contribution < 1.29 is 32.3 Å². The predicted molar refractivity (Wildman–Crippen MR) is 187 cm³/mol. The van der Waals surface area contributed by atoms with Gasteiger partial charge in [-0.15, -0.1) is 0 Å². The second kappa shape index (κ2) is 15.8. The Bertz CT molecular complexity index is 1910. The van der Waals surface area contributed by atoms with Gasteiger partial charge in [0.05, 0.1) is 5.54 Å². The molecule has 272 valence electrons. The SMILES string of the molecule is O=C(NCCCCNC(=O)c1ccc(Nc2nc(NC3(c4ccc(Cl)cc4)CC3)nc(OCC(F)(F)F)n2)cc1)C(=O)N1CCc2ccccc2C1. The number of hydrogen-bond donors (Lipinski definition) is 4. The molecule has 3 amide bonds. The van der Waals surface area contributed by atoms with E-state index in [0.29, 0.717) is 61.7 Å². The second-order valence-corrected chi connectivity index (χ2v) is 13.0. The third-order valence-corrected chi connectivity index (χ3v) is 8.92. The molecule has 4 N–H and O–H groups in total. The number of anilines is 3. The third-order valence-electron chi connectivity index (χ3n) is 8.67. The van der Waals surface area contributed by atoms with Gasteiger partial charge in [0, 0.05) is 42.5 Å². The fourth-order valence-corrected chi connectivity index (χ4v) is 5.88. The van der Waals surface area contributed by atoms with E-state index in [1.165, 1.54) is 5.56 Å². The molecule has 0 unspecified atom stereocenters. The van der Waals surface area contributed by atoms with Crippen molar-refractivity contribution in [3.63, 3.8) is 0 Å².